The maximum Gasteiger partial charge on any atom is 1.00 e. The van der Waals surface area contributed by atoms with E-state index in [-0.39, 0.29) is 18.9 Å². The molecule has 0 aliphatic rings. The van der Waals surface area contributed by atoms with Crippen molar-refractivity contribution < 1.29 is 38.1 Å². The molecule has 0 aliphatic carbocycles. The van der Waals surface area contributed by atoms with Crippen LogP contribution in [-0.4, -0.2) is 14.7 Å². The first kappa shape index (κ1) is 16.0. The number of hydrogen-bond acceptors (Lipinski definition) is 4. The zero-order valence-corrected chi connectivity index (χ0v) is 5.36. The van der Waals surface area contributed by atoms with Crippen molar-refractivity contribution in [3.63, 3.8) is 0 Å². The molecule has 7 nitrogen and oxygen atoms in total. The summed E-state index contributed by atoms with van der Waals surface area (Å²) in [4.78, 5) is 29.6. The smallest absolute Gasteiger partial charge is 0.444 e. The molecule has 0 fully saturated rings. The van der Waals surface area contributed by atoms with E-state index >= 15 is 0 Å². The molecule has 0 aromatic carbocycles. The van der Waals surface area contributed by atoms with Gasteiger partial charge in [-0.05, 0) is 0 Å². The molecule has 0 bridgehead atoms. The zero-order chi connectivity index (χ0) is 7.21. The zero-order valence-electron chi connectivity index (χ0n) is 4.46. The molecule has 0 heterocycles. The van der Waals surface area contributed by atoms with Crippen LogP contribution in [0.5, 0.6) is 0 Å². The molecular formula is H3LiNO6P. The summed E-state index contributed by atoms with van der Waals surface area (Å²) in [6.07, 6.45) is 0. The molecule has 0 aromatic heterocycles. The van der Waals surface area contributed by atoms with Crippen LogP contribution in [0.4, 0.5) is 0 Å². The van der Waals surface area contributed by atoms with E-state index < -0.39 is 7.82 Å². The number of phosphoric acid groups is 1. The fourth-order valence-corrected chi connectivity index (χ4v) is 0. The summed E-state index contributed by atoms with van der Waals surface area (Å²) < 4.78 is 8.88. The van der Waals surface area contributed by atoms with Gasteiger partial charge >= 0.3 is 26.7 Å². The Morgan fingerprint density at radius 1 is 1.33 bits per heavy atom. The number of hydrogen-bond donors (Lipinski definition) is 3. The Labute approximate surface area is 62.1 Å². The average molecular weight is 151 g/mol. The molecule has 0 atom stereocenters. The summed E-state index contributed by atoms with van der Waals surface area (Å²) in [6.45, 7) is 0. The minimum Gasteiger partial charge on any atom is -0.444 e. The SMILES string of the molecule is O=N[O-].O=P(O)(O)O.[Li+]. The second kappa shape index (κ2) is 8.11. The summed E-state index contributed by atoms with van der Waals surface area (Å²) in [7, 11) is -4.64. The summed E-state index contributed by atoms with van der Waals surface area (Å²) >= 11 is 0. The molecule has 50 valence electrons. The van der Waals surface area contributed by atoms with Crippen LogP contribution in [0.2, 0.25) is 0 Å². The Morgan fingerprint density at radius 3 is 1.33 bits per heavy atom. The fourth-order valence-electron chi connectivity index (χ4n) is 0. The Morgan fingerprint density at radius 2 is 1.33 bits per heavy atom. The summed E-state index contributed by atoms with van der Waals surface area (Å²) in [5, 5.41) is 9.00. The van der Waals surface area contributed by atoms with Gasteiger partial charge in [-0.25, -0.2) is 4.57 Å². The van der Waals surface area contributed by atoms with Crippen molar-refractivity contribution in [2.45, 2.75) is 0 Å². The molecule has 9 heteroatoms. The van der Waals surface area contributed by atoms with Crippen LogP contribution in [0.15, 0.2) is 5.34 Å². The van der Waals surface area contributed by atoms with Crippen molar-refractivity contribution in [3.8, 4) is 0 Å². The second-order valence-corrected chi connectivity index (χ2v) is 1.61. The van der Waals surface area contributed by atoms with E-state index in [0.717, 1.165) is 5.34 Å². The number of rotatable bonds is 0. The maximum atomic E-state index is 8.88. The van der Waals surface area contributed by atoms with Gasteiger partial charge < -0.3 is 24.8 Å². The van der Waals surface area contributed by atoms with Crippen LogP contribution >= 0.6 is 7.82 Å². The normalized spacial score (nSPS) is 7.89. The van der Waals surface area contributed by atoms with Crippen LogP contribution in [0.1, 0.15) is 0 Å². The molecule has 0 spiro atoms. The van der Waals surface area contributed by atoms with E-state index in [4.69, 9.17) is 29.4 Å². The molecule has 0 saturated heterocycles. The first-order valence-corrected chi connectivity index (χ1v) is 2.71. The van der Waals surface area contributed by atoms with E-state index in [2.05, 4.69) is 0 Å². The molecule has 0 amide bonds. The van der Waals surface area contributed by atoms with Crippen LogP contribution in [0.3, 0.4) is 0 Å². The Hall–Kier alpha value is 0.107. The van der Waals surface area contributed by atoms with E-state index in [9.17, 15) is 0 Å². The van der Waals surface area contributed by atoms with Gasteiger partial charge in [0, 0.05) is 0 Å². The predicted octanol–water partition coefficient (Wildman–Crippen LogP) is -3.67. The van der Waals surface area contributed by atoms with Gasteiger partial charge in [0.2, 0.25) is 0 Å². The van der Waals surface area contributed by atoms with E-state index in [1.54, 1.807) is 0 Å². The molecule has 0 rings (SSSR count). The molecule has 0 radical (unpaired) electrons. The molecule has 0 saturated carbocycles. The van der Waals surface area contributed by atoms with Crippen molar-refractivity contribution in [3.05, 3.63) is 10.1 Å². The molecule has 9 heavy (non-hydrogen) atoms. The minimum absolute atomic E-state index is 0. The third-order valence-electron chi connectivity index (χ3n) is 0. The van der Waals surface area contributed by atoms with Gasteiger partial charge in [0.25, 0.3) is 0 Å². The van der Waals surface area contributed by atoms with Gasteiger partial charge in [-0.3, -0.25) is 0 Å². The van der Waals surface area contributed by atoms with E-state index in [1.807, 2.05) is 0 Å². The second-order valence-electron chi connectivity index (χ2n) is 0.588. The minimum atomic E-state index is -4.64. The van der Waals surface area contributed by atoms with Gasteiger partial charge in [-0.2, -0.15) is 0 Å². The van der Waals surface area contributed by atoms with Gasteiger partial charge in [0.05, 0.1) is 0 Å². The summed E-state index contributed by atoms with van der Waals surface area (Å²) in [5.41, 5.74) is 0. The monoisotopic (exact) mass is 151 g/mol. The van der Waals surface area contributed by atoms with Gasteiger partial charge in [0.1, 0.15) is 0 Å². The van der Waals surface area contributed by atoms with Crippen molar-refractivity contribution in [1.82, 2.24) is 0 Å². The summed E-state index contributed by atoms with van der Waals surface area (Å²) in [5.74, 6) is 0. The third kappa shape index (κ3) is 26200. The predicted molar refractivity (Wildman–Crippen MR) is 23.4 cm³/mol. The molecule has 3 N–H and O–H groups in total. The third-order valence-corrected chi connectivity index (χ3v) is 0. The van der Waals surface area contributed by atoms with Gasteiger partial charge in [0.15, 0.2) is 0 Å². The van der Waals surface area contributed by atoms with Crippen molar-refractivity contribution in [2.75, 3.05) is 0 Å². The van der Waals surface area contributed by atoms with E-state index in [1.165, 1.54) is 0 Å². The van der Waals surface area contributed by atoms with Crippen LogP contribution in [0, 0.1) is 10.1 Å². The fraction of sp³-hybridized carbons (Fsp3) is 0. The average Bonchev–Trinajstić information content (AvgIpc) is 1.27. The molecule has 0 aromatic rings. The van der Waals surface area contributed by atoms with Crippen molar-refractivity contribution in [2.24, 2.45) is 5.34 Å². The largest absolute Gasteiger partial charge is 1.00 e. The Bertz CT molecular complexity index is 87.0. The molecular weight excluding hydrogens is 148 g/mol. The van der Waals surface area contributed by atoms with Gasteiger partial charge in [-0.15, -0.1) is 5.34 Å². The van der Waals surface area contributed by atoms with E-state index in [0.29, 0.717) is 0 Å². The first-order valence-electron chi connectivity index (χ1n) is 1.15. The van der Waals surface area contributed by atoms with Crippen molar-refractivity contribution in [1.29, 1.82) is 0 Å². The van der Waals surface area contributed by atoms with Crippen LogP contribution in [-0.2, 0) is 4.57 Å². The first-order chi connectivity index (χ1) is 3.41. The van der Waals surface area contributed by atoms with Crippen LogP contribution < -0.4 is 18.9 Å². The number of nitrogens with zero attached hydrogens (tertiary/aromatic N) is 1. The summed E-state index contributed by atoms with van der Waals surface area (Å²) in [6, 6.07) is 0. The Balaban J connectivity index is -0.0000000800. The Kier molecular flexibility index (Phi) is 14.5. The maximum absolute atomic E-state index is 8.88. The molecule has 0 aliphatic heterocycles. The van der Waals surface area contributed by atoms with Gasteiger partial charge in [-0.1, -0.05) is 0 Å². The topological polar surface area (TPSA) is 130 Å². The standard InChI is InChI=1S/Li.HNO2.H3O4P/c;2-1-3;1-5(2,3)4/h;(H,2,3);(H3,1,2,3,4)/q+1;;/p-1. The van der Waals surface area contributed by atoms with Crippen molar-refractivity contribution >= 4 is 7.82 Å². The van der Waals surface area contributed by atoms with Crippen LogP contribution in [0.25, 0.3) is 0 Å². The molecule has 0 unspecified atom stereocenters. The quantitative estimate of drug-likeness (QED) is 0.141.